The number of carbonyl (C=O) groups excluding carboxylic acids is 3. The van der Waals surface area contributed by atoms with Gasteiger partial charge in [-0.05, 0) is 42.3 Å². The summed E-state index contributed by atoms with van der Waals surface area (Å²) in [6, 6.07) is 13.3. The molecular formula is C23H25N3O5. The van der Waals surface area contributed by atoms with E-state index >= 15 is 0 Å². The van der Waals surface area contributed by atoms with Crippen LogP contribution in [0, 0.1) is 0 Å². The molecule has 0 spiro atoms. The van der Waals surface area contributed by atoms with Gasteiger partial charge >= 0.3 is 12.0 Å². The van der Waals surface area contributed by atoms with Crippen molar-refractivity contribution in [2.75, 3.05) is 21.2 Å². The maximum Gasteiger partial charge on any atom is 0.337 e. The quantitative estimate of drug-likeness (QED) is 0.697. The Labute approximate surface area is 180 Å². The van der Waals surface area contributed by atoms with E-state index in [9.17, 15) is 14.4 Å². The molecule has 31 heavy (non-hydrogen) atoms. The molecule has 162 valence electrons. The van der Waals surface area contributed by atoms with Crippen molar-refractivity contribution in [1.29, 1.82) is 0 Å². The van der Waals surface area contributed by atoms with Gasteiger partial charge in [0, 0.05) is 19.8 Å². The first kappa shape index (κ1) is 21.9. The molecule has 2 aromatic rings. The standard InChI is InChI=1S/C23H25N3O5/c1-14-19(21(27)26(2)3)20(25-23(29)24-14)16-9-11-18(12-10-16)31-13-15-5-7-17(8-6-15)22(28)30-4/h5-12,20H,13H2,1-4H3,(H2,24,25,29)/t20-/m0/s1. The first-order chi connectivity index (χ1) is 14.8. The van der Waals surface area contributed by atoms with Crippen LogP contribution in [0.1, 0.15) is 34.5 Å². The SMILES string of the molecule is COC(=O)c1ccc(COc2ccc([C@@H]3NC(=O)NC(C)=C3C(=O)N(C)C)cc2)cc1. The molecule has 1 aliphatic rings. The van der Waals surface area contributed by atoms with Gasteiger partial charge in [0.1, 0.15) is 12.4 Å². The van der Waals surface area contributed by atoms with Crippen molar-refractivity contribution in [2.24, 2.45) is 0 Å². The van der Waals surface area contributed by atoms with Crippen molar-refractivity contribution >= 4 is 17.9 Å². The molecule has 3 amide bonds. The number of carbonyl (C=O) groups is 3. The van der Waals surface area contributed by atoms with Gasteiger partial charge in [-0.3, -0.25) is 4.79 Å². The molecule has 1 aliphatic heterocycles. The summed E-state index contributed by atoms with van der Waals surface area (Å²) in [7, 11) is 4.68. The Morgan fingerprint density at radius 1 is 1.03 bits per heavy atom. The van der Waals surface area contributed by atoms with Crippen LogP contribution in [-0.4, -0.2) is 44.0 Å². The number of hydrogen-bond donors (Lipinski definition) is 2. The van der Waals surface area contributed by atoms with Gasteiger partial charge in [0.2, 0.25) is 0 Å². The van der Waals surface area contributed by atoms with Crippen LogP contribution < -0.4 is 15.4 Å². The van der Waals surface area contributed by atoms with Crippen LogP contribution in [0.5, 0.6) is 5.75 Å². The first-order valence-corrected chi connectivity index (χ1v) is 9.70. The number of ether oxygens (including phenoxy) is 2. The van der Waals surface area contributed by atoms with E-state index < -0.39 is 6.04 Å². The van der Waals surface area contributed by atoms with Crippen LogP contribution in [0.15, 0.2) is 59.8 Å². The number of allylic oxidation sites excluding steroid dienone is 1. The molecule has 0 unspecified atom stereocenters. The minimum absolute atomic E-state index is 0.175. The third-order valence-electron chi connectivity index (χ3n) is 4.90. The van der Waals surface area contributed by atoms with Gasteiger partial charge < -0.3 is 25.0 Å². The van der Waals surface area contributed by atoms with Crippen LogP contribution in [0.2, 0.25) is 0 Å². The zero-order valence-corrected chi connectivity index (χ0v) is 17.9. The number of nitrogens with one attached hydrogen (secondary N) is 2. The summed E-state index contributed by atoms with van der Waals surface area (Å²) < 4.78 is 10.5. The van der Waals surface area contributed by atoms with Crippen LogP contribution >= 0.6 is 0 Å². The lowest BCUT2D eigenvalue weighted by molar-refractivity contribution is -0.125. The van der Waals surface area contributed by atoms with Crippen molar-refractivity contribution in [1.82, 2.24) is 15.5 Å². The van der Waals surface area contributed by atoms with Crippen molar-refractivity contribution in [2.45, 2.75) is 19.6 Å². The van der Waals surface area contributed by atoms with E-state index in [1.165, 1.54) is 12.0 Å². The monoisotopic (exact) mass is 423 g/mol. The minimum Gasteiger partial charge on any atom is -0.489 e. The summed E-state index contributed by atoms with van der Waals surface area (Å²) in [6.07, 6.45) is 0. The molecule has 0 radical (unpaired) electrons. The van der Waals surface area contributed by atoms with E-state index in [2.05, 4.69) is 15.4 Å². The predicted molar refractivity (Wildman–Crippen MR) is 114 cm³/mol. The lowest BCUT2D eigenvalue weighted by Gasteiger charge is -2.30. The second-order valence-electron chi connectivity index (χ2n) is 7.32. The van der Waals surface area contributed by atoms with Crippen molar-refractivity contribution in [3.63, 3.8) is 0 Å². The summed E-state index contributed by atoms with van der Waals surface area (Å²) >= 11 is 0. The number of urea groups is 1. The summed E-state index contributed by atoms with van der Waals surface area (Å²) in [5.74, 6) is 0.0810. The number of benzene rings is 2. The Morgan fingerprint density at radius 3 is 2.26 bits per heavy atom. The van der Waals surface area contributed by atoms with Crippen LogP contribution in [0.25, 0.3) is 0 Å². The molecule has 8 heteroatoms. The van der Waals surface area contributed by atoms with Gasteiger partial charge in [0.05, 0.1) is 24.3 Å². The zero-order valence-electron chi connectivity index (χ0n) is 17.9. The van der Waals surface area contributed by atoms with Crippen LogP contribution in [0.4, 0.5) is 4.79 Å². The van der Waals surface area contributed by atoms with E-state index in [4.69, 9.17) is 4.74 Å². The predicted octanol–water partition coefficient (Wildman–Crippen LogP) is 2.77. The van der Waals surface area contributed by atoms with Gasteiger partial charge in [-0.15, -0.1) is 0 Å². The Bertz CT molecular complexity index is 1010. The highest BCUT2D eigenvalue weighted by Gasteiger charge is 2.31. The van der Waals surface area contributed by atoms with Crippen molar-refractivity contribution in [3.8, 4) is 5.75 Å². The summed E-state index contributed by atoms with van der Waals surface area (Å²) in [5.41, 5.74) is 3.17. The number of hydrogen-bond acceptors (Lipinski definition) is 5. The second kappa shape index (κ2) is 9.34. The molecule has 1 heterocycles. The van der Waals surface area contributed by atoms with E-state index in [1.807, 2.05) is 12.1 Å². The lowest BCUT2D eigenvalue weighted by Crippen LogP contribution is -2.46. The Balaban J connectivity index is 1.71. The van der Waals surface area contributed by atoms with E-state index in [-0.39, 0.29) is 17.9 Å². The maximum atomic E-state index is 12.6. The fraction of sp³-hybridized carbons (Fsp3) is 0.261. The summed E-state index contributed by atoms with van der Waals surface area (Å²) in [5, 5.41) is 5.47. The second-order valence-corrected chi connectivity index (χ2v) is 7.32. The number of likely N-dealkylation sites (N-methyl/N-ethyl adjacent to an activating group) is 1. The molecule has 0 aliphatic carbocycles. The Kier molecular flexibility index (Phi) is 6.59. The van der Waals surface area contributed by atoms with Gasteiger partial charge in [-0.1, -0.05) is 24.3 Å². The normalized spacial score (nSPS) is 15.6. The molecule has 0 bridgehead atoms. The zero-order chi connectivity index (χ0) is 22.5. The molecule has 2 N–H and O–H groups in total. The van der Waals surface area contributed by atoms with Crippen LogP contribution in [0.3, 0.4) is 0 Å². The fourth-order valence-electron chi connectivity index (χ4n) is 3.25. The van der Waals surface area contributed by atoms with Crippen molar-refractivity contribution in [3.05, 3.63) is 76.5 Å². The molecule has 0 aromatic heterocycles. The van der Waals surface area contributed by atoms with E-state index in [1.54, 1.807) is 57.4 Å². The molecule has 0 fully saturated rings. The molecule has 8 nitrogen and oxygen atoms in total. The van der Waals surface area contributed by atoms with Gasteiger partial charge in [-0.25, -0.2) is 9.59 Å². The molecule has 2 aromatic carbocycles. The third kappa shape index (κ3) is 5.03. The van der Waals surface area contributed by atoms with E-state index in [0.29, 0.717) is 29.2 Å². The van der Waals surface area contributed by atoms with Gasteiger partial charge in [0.25, 0.3) is 5.91 Å². The maximum absolute atomic E-state index is 12.6. The number of esters is 1. The largest absolute Gasteiger partial charge is 0.489 e. The number of methoxy groups -OCH3 is 1. The van der Waals surface area contributed by atoms with Crippen LogP contribution in [-0.2, 0) is 16.1 Å². The van der Waals surface area contributed by atoms with Gasteiger partial charge in [0.15, 0.2) is 0 Å². The highest BCUT2D eigenvalue weighted by atomic mass is 16.5. The Morgan fingerprint density at radius 2 is 1.68 bits per heavy atom. The molecule has 0 saturated carbocycles. The van der Waals surface area contributed by atoms with Gasteiger partial charge in [-0.2, -0.15) is 0 Å². The van der Waals surface area contributed by atoms with E-state index in [0.717, 1.165) is 11.1 Å². The third-order valence-corrected chi connectivity index (χ3v) is 4.90. The highest BCUT2D eigenvalue weighted by molar-refractivity contribution is 5.98. The van der Waals surface area contributed by atoms with Crippen molar-refractivity contribution < 1.29 is 23.9 Å². The Hall–Kier alpha value is -3.81. The fourth-order valence-corrected chi connectivity index (χ4v) is 3.25. The average Bonchev–Trinajstić information content (AvgIpc) is 2.77. The number of amides is 3. The number of nitrogens with zero attached hydrogens (tertiary/aromatic N) is 1. The average molecular weight is 423 g/mol. The highest BCUT2D eigenvalue weighted by Crippen LogP contribution is 2.29. The minimum atomic E-state index is -0.552. The summed E-state index contributed by atoms with van der Waals surface area (Å²) in [6.45, 7) is 2.04. The molecule has 3 rings (SSSR count). The summed E-state index contributed by atoms with van der Waals surface area (Å²) in [4.78, 5) is 37.6. The smallest absolute Gasteiger partial charge is 0.337 e. The topological polar surface area (TPSA) is 97.0 Å². The molecule has 0 saturated heterocycles. The lowest BCUT2D eigenvalue weighted by atomic mass is 9.94. The number of rotatable bonds is 6. The first-order valence-electron chi connectivity index (χ1n) is 9.70. The molecule has 1 atom stereocenters. The molecular weight excluding hydrogens is 398 g/mol.